The van der Waals surface area contributed by atoms with Crippen molar-refractivity contribution >= 4 is 24.5 Å². The predicted molar refractivity (Wildman–Crippen MR) is 149 cm³/mol. The minimum atomic E-state index is -2.10. The maximum absolute atomic E-state index is 7.47. The maximum atomic E-state index is 7.47. The van der Waals surface area contributed by atoms with Gasteiger partial charge in [-0.05, 0) is 34.3 Å². The van der Waals surface area contributed by atoms with Gasteiger partial charge in [-0.3, -0.25) is 0 Å². The lowest BCUT2D eigenvalue weighted by molar-refractivity contribution is 0.0132. The zero-order valence-corrected chi connectivity index (χ0v) is 25.7. The summed E-state index contributed by atoms with van der Waals surface area (Å²) in [6, 6.07) is 22.5. The van der Waals surface area contributed by atoms with Crippen molar-refractivity contribution in [3.63, 3.8) is 0 Å². The fourth-order valence-electron chi connectivity index (χ4n) is 8.36. The molecule has 4 heteroatoms. The molecule has 0 amide bonds. The largest absolute Gasteiger partial charge is 0.404 e. The minimum absolute atomic E-state index is 0.194. The molecular weight excluding hydrogens is 437 g/mol. The highest BCUT2D eigenvalue weighted by Crippen LogP contribution is 2.81. The first kappa shape index (κ1) is 25.7. The molecule has 0 aromatic heterocycles. The van der Waals surface area contributed by atoms with Gasteiger partial charge in [-0.15, -0.1) is 0 Å². The molecule has 1 saturated heterocycles. The van der Waals surface area contributed by atoms with E-state index in [2.05, 4.69) is 141 Å². The van der Waals surface area contributed by atoms with Gasteiger partial charge in [0, 0.05) is 4.28 Å². The highest BCUT2D eigenvalue weighted by atomic mass is 28.5. The Labute approximate surface area is 201 Å². The Morgan fingerprint density at radius 1 is 0.656 bits per heavy atom. The first-order chi connectivity index (χ1) is 14.4. The SMILES string of the molecule is CC(C)(C)[Si](C)(C(C)(C)C)C1([Si](C)(C)C)C(c2ccccc2)(c2ccccc2)O[Si]1(C)C. The van der Waals surface area contributed by atoms with Gasteiger partial charge in [0.2, 0.25) is 0 Å². The molecule has 0 N–H and O–H groups in total. The predicted octanol–water partition coefficient (Wildman–Crippen LogP) is 9.00. The minimum Gasteiger partial charge on any atom is -0.404 e. The van der Waals surface area contributed by atoms with Gasteiger partial charge < -0.3 is 4.43 Å². The molecule has 1 nitrogen and oxygen atoms in total. The summed E-state index contributed by atoms with van der Waals surface area (Å²) in [5.41, 5.74) is 2.33. The van der Waals surface area contributed by atoms with E-state index in [4.69, 9.17) is 4.43 Å². The van der Waals surface area contributed by atoms with Crippen molar-refractivity contribution in [2.75, 3.05) is 0 Å². The second kappa shape index (κ2) is 7.53. The van der Waals surface area contributed by atoms with Gasteiger partial charge in [0.25, 0.3) is 0 Å². The van der Waals surface area contributed by atoms with Crippen molar-refractivity contribution in [2.24, 2.45) is 0 Å². The van der Waals surface area contributed by atoms with Crippen LogP contribution in [0.3, 0.4) is 0 Å². The Hall–Kier alpha value is -0.949. The van der Waals surface area contributed by atoms with Gasteiger partial charge in [0.1, 0.15) is 5.60 Å². The lowest BCUT2D eigenvalue weighted by atomic mass is 9.87. The Morgan fingerprint density at radius 2 is 1.00 bits per heavy atom. The van der Waals surface area contributed by atoms with E-state index in [9.17, 15) is 0 Å². The molecule has 1 aliphatic heterocycles. The lowest BCUT2D eigenvalue weighted by Crippen LogP contribution is -2.88. The van der Waals surface area contributed by atoms with Crippen LogP contribution < -0.4 is 0 Å². The smallest absolute Gasteiger partial charge is 0.192 e. The molecule has 0 spiro atoms. The third-order valence-corrected chi connectivity index (χ3v) is 33.6. The van der Waals surface area contributed by atoms with Crippen LogP contribution in [0.1, 0.15) is 52.7 Å². The van der Waals surface area contributed by atoms with Crippen molar-refractivity contribution in [2.45, 2.75) is 101 Å². The number of hydrogen-bond acceptors (Lipinski definition) is 1. The highest BCUT2D eigenvalue weighted by Gasteiger charge is 2.86. The van der Waals surface area contributed by atoms with Gasteiger partial charge >= 0.3 is 0 Å². The van der Waals surface area contributed by atoms with E-state index >= 15 is 0 Å². The zero-order chi connectivity index (χ0) is 24.4. The van der Waals surface area contributed by atoms with Crippen LogP contribution in [0.2, 0.25) is 53.6 Å². The molecule has 1 atom stereocenters. The summed E-state index contributed by atoms with van der Waals surface area (Å²) < 4.78 is 7.67. The number of hydrogen-bond donors (Lipinski definition) is 0. The quantitative estimate of drug-likeness (QED) is 0.395. The monoisotopic (exact) mass is 482 g/mol. The van der Waals surface area contributed by atoms with Gasteiger partial charge in [-0.25, -0.2) is 0 Å². The highest BCUT2D eigenvalue weighted by molar-refractivity contribution is 7.17. The molecule has 32 heavy (non-hydrogen) atoms. The van der Waals surface area contributed by atoms with Crippen LogP contribution in [0, 0.1) is 0 Å². The van der Waals surface area contributed by atoms with Crippen LogP contribution >= 0.6 is 0 Å². The van der Waals surface area contributed by atoms with Crippen molar-refractivity contribution in [1.29, 1.82) is 0 Å². The van der Waals surface area contributed by atoms with Crippen LogP contribution in [0.5, 0.6) is 0 Å². The molecule has 0 saturated carbocycles. The molecule has 2 aromatic carbocycles. The topological polar surface area (TPSA) is 9.23 Å². The van der Waals surface area contributed by atoms with E-state index < -0.39 is 24.5 Å². The Morgan fingerprint density at radius 3 is 1.25 bits per heavy atom. The summed E-state index contributed by atoms with van der Waals surface area (Å²) in [5, 5.41) is 0.461. The summed E-state index contributed by atoms with van der Waals surface area (Å²) in [5.74, 6) is 0. The van der Waals surface area contributed by atoms with Crippen molar-refractivity contribution < 1.29 is 4.43 Å². The molecule has 1 fully saturated rings. The molecule has 2 aromatic rings. The maximum Gasteiger partial charge on any atom is 0.192 e. The molecular formula is C28H46OSi3. The standard InChI is InChI=1S/C28H46OSi3/c1-25(2,3)32(12,26(4,5)6)28(30(7,8)9)27(29-31(28,10)11,23-19-15-13-16-20-23)24-21-17-14-18-22-24/h13-22H,1-12H3. The molecule has 1 heterocycles. The Kier molecular flexibility index (Phi) is 6.04. The van der Waals surface area contributed by atoms with E-state index in [1.54, 1.807) is 0 Å². The normalized spacial score (nSPS) is 23.5. The number of rotatable bonds is 4. The van der Waals surface area contributed by atoms with Gasteiger partial charge in [-0.2, -0.15) is 0 Å². The first-order valence-electron chi connectivity index (χ1n) is 12.2. The van der Waals surface area contributed by atoms with E-state index in [0.717, 1.165) is 0 Å². The third kappa shape index (κ3) is 3.02. The van der Waals surface area contributed by atoms with Crippen molar-refractivity contribution in [3.05, 3.63) is 71.8 Å². The van der Waals surface area contributed by atoms with Crippen molar-refractivity contribution in [1.82, 2.24) is 0 Å². The Balaban J connectivity index is 2.63. The van der Waals surface area contributed by atoms with E-state index in [1.807, 2.05) is 0 Å². The van der Waals surface area contributed by atoms with Crippen LogP contribution in [0.15, 0.2) is 60.7 Å². The van der Waals surface area contributed by atoms with Gasteiger partial charge in [0.15, 0.2) is 8.32 Å². The molecule has 176 valence electrons. The lowest BCUT2D eigenvalue weighted by Gasteiger charge is -2.81. The van der Waals surface area contributed by atoms with Crippen LogP contribution in [0.25, 0.3) is 0 Å². The van der Waals surface area contributed by atoms with Crippen LogP contribution in [0.4, 0.5) is 0 Å². The molecule has 0 bridgehead atoms. The van der Waals surface area contributed by atoms with E-state index in [1.165, 1.54) is 11.1 Å². The molecule has 1 unspecified atom stereocenters. The van der Waals surface area contributed by atoms with E-state index in [-0.39, 0.29) is 20.0 Å². The third-order valence-electron chi connectivity index (χ3n) is 9.08. The van der Waals surface area contributed by atoms with Gasteiger partial charge in [-0.1, -0.05) is 128 Å². The van der Waals surface area contributed by atoms with Crippen molar-refractivity contribution in [3.8, 4) is 0 Å². The Bertz CT molecular complexity index is 881. The summed E-state index contributed by atoms with van der Waals surface area (Å²) in [6.07, 6.45) is 0. The molecule has 3 rings (SSSR count). The molecule has 1 aliphatic rings. The second-order valence-electron chi connectivity index (χ2n) is 13.7. The van der Waals surface area contributed by atoms with Gasteiger partial charge in [0.05, 0.1) is 16.1 Å². The summed E-state index contributed by atoms with van der Waals surface area (Å²) in [4.78, 5) is 0. The molecule has 0 aliphatic carbocycles. The van der Waals surface area contributed by atoms with E-state index in [0.29, 0.717) is 0 Å². The zero-order valence-electron chi connectivity index (χ0n) is 22.7. The average molecular weight is 483 g/mol. The number of benzene rings is 2. The van der Waals surface area contributed by atoms with Crippen LogP contribution in [-0.4, -0.2) is 24.5 Å². The summed E-state index contributed by atoms with van der Waals surface area (Å²) >= 11 is 0. The fourth-order valence-corrected chi connectivity index (χ4v) is 40.7. The first-order valence-corrected chi connectivity index (χ1v) is 21.1. The summed E-state index contributed by atoms with van der Waals surface area (Å²) in [6.45, 7) is 31.0. The average Bonchev–Trinajstić information content (AvgIpc) is 2.64. The van der Waals surface area contributed by atoms with Crippen LogP contribution in [-0.2, 0) is 10.0 Å². The summed E-state index contributed by atoms with van der Waals surface area (Å²) in [7, 11) is -6.01. The fraction of sp³-hybridized carbons (Fsp3) is 0.571. The second-order valence-corrected chi connectivity index (χ2v) is 30.4. The molecule has 0 radical (unpaired) electrons.